The van der Waals surface area contributed by atoms with Gasteiger partial charge in [0.05, 0.1) is 12.2 Å². The Balaban J connectivity index is 1.86. The van der Waals surface area contributed by atoms with E-state index < -0.39 is 11.3 Å². The molecule has 4 unspecified atom stereocenters. The van der Waals surface area contributed by atoms with E-state index in [2.05, 4.69) is 18.2 Å². The number of benzene rings is 2. The predicted molar refractivity (Wildman–Crippen MR) is 99.6 cm³/mol. The van der Waals surface area contributed by atoms with Crippen LogP contribution < -0.4 is 0 Å². The van der Waals surface area contributed by atoms with Gasteiger partial charge < -0.3 is 9.47 Å². The van der Waals surface area contributed by atoms with Crippen molar-refractivity contribution in [2.45, 2.75) is 37.7 Å². The maximum atomic E-state index is 10.4. The van der Waals surface area contributed by atoms with E-state index in [1.54, 1.807) is 7.11 Å². The van der Waals surface area contributed by atoms with E-state index in [4.69, 9.17) is 14.5 Å². The molecule has 2 aliphatic rings. The van der Waals surface area contributed by atoms with Gasteiger partial charge in [-0.15, -0.1) is 0 Å². The largest absolute Gasteiger partial charge is 0.334 e. The third kappa shape index (κ3) is 2.39. The van der Waals surface area contributed by atoms with Gasteiger partial charge in [0, 0.05) is 25.2 Å². The topological polar surface area (TPSA) is 54.6 Å². The van der Waals surface area contributed by atoms with Crippen molar-refractivity contribution in [2.24, 2.45) is 10.4 Å². The third-order valence-corrected chi connectivity index (χ3v) is 5.66. The minimum atomic E-state index is -1.27. The van der Waals surface area contributed by atoms with E-state index in [9.17, 15) is 5.26 Å². The Morgan fingerprint density at radius 3 is 2.27 bits per heavy atom. The van der Waals surface area contributed by atoms with Crippen molar-refractivity contribution >= 4 is 5.71 Å². The molecule has 2 aliphatic heterocycles. The van der Waals surface area contributed by atoms with Crippen molar-refractivity contribution in [3.63, 3.8) is 0 Å². The summed E-state index contributed by atoms with van der Waals surface area (Å²) < 4.78 is 12.2. The molecule has 132 valence electrons. The molecule has 2 aromatic carbocycles. The quantitative estimate of drug-likeness (QED) is 0.816. The first-order chi connectivity index (χ1) is 12.6. The summed E-state index contributed by atoms with van der Waals surface area (Å²) in [5.74, 6) is -1.30. The van der Waals surface area contributed by atoms with E-state index in [-0.39, 0.29) is 12.0 Å². The van der Waals surface area contributed by atoms with E-state index in [0.717, 1.165) is 23.3 Å². The van der Waals surface area contributed by atoms with Crippen molar-refractivity contribution < 1.29 is 9.47 Å². The lowest BCUT2D eigenvalue weighted by atomic mass is 9.65. The summed E-state index contributed by atoms with van der Waals surface area (Å²) in [4.78, 5) is 4.74. The molecule has 0 N–H and O–H groups in total. The van der Waals surface area contributed by atoms with Crippen LogP contribution >= 0.6 is 0 Å². The molecule has 2 aromatic rings. The molecule has 4 atom stereocenters. The standard InChI is InChI=1S/C22H22N2O2/c1-16-13-19(17-9-5-3-6-10-17)21(15-23)14-20(18-11-7-4-8-12-18)26-22(21,24-16)25-2/h3-12,19-20H,13-14H2,1-2H3. The van der Waals surface area contributed by atoms with Crippen molar-refractivity contribution in [3.8, 4) is 6.07 Å². The van der Waals surface area contributed by atoms with Crippen LogP contribution in [0.5, 0.6) is 0 Å². The molecule has 2 heterocycles. The molecule has 26 heavy (non-hydrogen) atoms. The molecule has 0 saturated carbocycles. The summed E-state index contributed by atoms with van der Waals surface area (Å²) in [7, 11) is 1.59. The molecule has 0 radical (unpaired) electrons. The number of rotatable bonds is 3. The van der Waals surface area contributed by atoms with Crippen LogP contribution in [0.3, 0.4) is 0 Å². The second kappa shape index (κ2) is 6.35. The molecule has 1 fully saturated rings. The normalized spacial score (nSPS) is 33.2. The van der Waals surface area contributed by atoms with Gasteiger partial charge in [-0.05, 0) is 24.5 Å². The molecule has 4 heteroatoms. The highest BCUT2D eigenvalue weighted by molar-refractivity contribution is 5.84. The fourth-order valence-electron chi connectivity index (χ4n) is 4.43. The van der Waals surface area contributed by atoms with Gasteiger partial charge in [0.15, 0.2) is 0 Å². The first-order valence-electron chi connectivity index (χ1n) is 8.93. The zero-order valence-electron chi connectivity index (χ0n) is 15.1. The lowest BCUT2D eigenvalue weighted by molar-refractivity contribution is -0.247. The van der Waals surface area contributed by atoms with Crippen molar-refractivity contribution in [2.75, 3.05) is 7.11 Å². The second-order valence-electron chi connectivity index (χ2n) is 7.10. The SMILES string of the molecule is COC12N=C(C)CC(c3ccccc3)C1(C#N)CC(c1ccccc1)O2. The summed E-state index contributed by atoms with van der Waals surface area (Å²) in [5, 5.41) is 10.4. The van der Waals surface area contributed by atoms with Gasteiger partial charge in [-0.1, -0.05) is 60.7 Å². The Morgan fingerprint density at radius 1 is 1.08 bits per heavy atom. The molecule has 4 rings (SSSR count). The lowest BCUT2D eigenvalue weighted by Gasteiger charge is -2.44. The monoisotopic (exact) mass is 346 g/mol. The fraction of sp³-hybridized carbons (Fsp3) is 0.364. The van der Waals surface area contributed by atoms with Crippen molar-refractivity contribution in [3.05, 3.63) is 71.8 Å². The third-order valence-electron chi connectivity index (χ3n) is 5.66. The summed E-state index contributed by atoms with van der Waals surface area (Å²) >= 11 is 0. The minimum Gasteiger partial charge on any atom is -0.334 e. The molecule has 4 nitrogen and oxygen atoms in total. The van der Waals surface area contributed by atoms with E-state index in [1.165, 1.54) is 0 Å². The second-order valence-corrected chi connectivity index (χ2v) is 7.10. The highest BCUT2D eigenvalue weighted by Gasteiger charge is 2.67. The molecule has 0 amide bonds. The van der Waals surface area contributed by atoms with E-state index in [1.807, 2.05) is 55.5 Å². The zero-order chi connectivity index (χ0) is 18.2. The number of aliphatic imine (C=N–C) groups is 1. The summed E-state index contributed by atoms with van der Waals surface area (Å²) in [6, 6.07) is 22.8. The van der Waals surface area contributed by atoms with Crippen molar-refractivity contribution in [1.82, 2.24) is 0 Å². The van der Waals surface area contributed by atoms with Crippen LogP contribution in [-0.2, 0) is 9.47 Å². The number of ether oxygens (including phenoxy) is 2. The van der Waals surface area contributed by atoms with Gasteiger partial charge in [0.2, 0.25) is 0 Å². The first kappa shape index (κ1) is 17.0. The Labute approximate surface area is 154 Å². The van der Waals surface area contributed by atoms with Crippen LogP contribution in [-0.4, -0.2) is 18.7 Å². The molecule has 0 aliphatic carbocycles. The highest BCUT2D eigenvalue weighted by Crippen LogP contribution is 2.62. The van der Waals surface area contributed by atoms with Gasteiger partial charge in [-0.2, -0.15) is 5.26 Å². The van der Waals surface area contributed by atoms with Crippen LogP contribution in [0.2, 0.25) is 0 Å². The van der Waals surface area contributed by atoms with Gasteiger partial charge in [0.1, 0.15) is 5.41 Å². The Hall–Kier alpha value is -2.48. The van der Waals surface area contributed by atoms with Crippen molar-refractivity contribution in [1.29, 1.82) is 5.26 Å². The average Bonchev–Trinajstić information content (AvgIpc) is 3.04. The lowest BCUT2D eigenvalue weighted by Crippen LogP contribution is -2.51. The molecule has 0 bridgehead atoms. The first-order valence-corrected chi connectivity index (χ1v) is 8.93. The summed E-state index contributed by atoms with van der Waals surface area (Å²) in [6.07, 6.45) is 1.06. The van der Waals surface area contributed by atoms with Gasteiger partial charge >= 0.3 is 0 Å². The number of nitrogens with zero attached hydrogens (tertiary/aromatic N) is 2. The van der Waals surface area contributed by atoms with Gasteiger partial charge in [0.25, 0.3) is 5.91 Å². The maximum absolute atomic E-state index is 10.4. The number of hydrogen-bond donors (Lipinski definition) is 0. The molecule has 0 spiro atoms. The smallest absolute Gasteiger partial charge is 0.289 e. The number of fused-ring (bicyclic) bond motifs is 1. The van der Waals surface area contributed by atoms with Crippen LogP contribution in [0.1, 0.15) is 42.9 Å². The summed E-state index contributed by atoms with van der Waals surface area (Å²) in [5.41, 5.74) is 2.25. The van der Waals surface area contributed by atoms with Crippen LogP contribution in [0.25, 0.3) is 0 Å². The van der Waals surface area contributed by atoms with Crippen LogP contribution in [0, 0.1) is 16.7 Å². The zero-order valence-corrected chi connectivity index (χ0v) is 15.1. The van der Waals surface area contributed by atoms with Crippen LogP contribution in [0.15, 0.2) is 65.7 Å². The maximum Gasteiger partial charge on any atom is 0.289 e. The predicted octanol–water partition coefficient (Wildman–Crippen LogP) is 4.61. The van der Waals surface area contributed by atoms with Crippen LogP contribution in [0.4, 0.5) is 0 Å². The molecular weight excluding hydrogens is 324 g/mol. The number of hydrogen-bond acceptors (Lipinski definition) is 4. The average molecular weight is 346 g/mol. The van der Waals surface area contributed by atoms with Gasteiger partial charge in [-0.25, -0.2) is 4.99 Å². The Kier molecular flexibility index (Phi) is 4.14. The summed E-state index contributed by atoms with van der Waals surface area (Å²) in [6.45, 7) is 1.98. The Morgan fingerprint density at radius 2 is 1.69 bits per heavy atom. The molecule has 1 saturated heterocycles. The van der Waals surface area contributed by atoms with E-state index >= 15 is 0 Å². The fourth-order valence-corrected chi connectivity index (χ4v) is 4.43. The number of nitriles is 1. The molecule has 0 aromatic heterocycles. The Bertz CT molecular complexity index is 859. The van der Waals surface area contributed by atoms with E-state index in [0.29, 0.717) is 6.42 Å². The highest BCUT2D eigenvalue weighted by atomic mass is 16.7. The van der Waals surface area contributed by atoms with Gasteiger partial charge in [-0.3, -0.25) is 0 Å². The number of methoxy groups -OCH3 is 1. The molecular formula is C22H22N2O2. The minimum absolute atomic E-state index is 0.0279.